The average Bonchev–Trinajstić information content (AvgIpc) is 2.46. The van der Waals surface area contributed by atoms with Crippen molar-refractivity contribution in [3.05, 3.63) is 46.2 Å². The number of aromatic nitrogens is 2. The van der Waals surface area contributed by atoms with E-state index < -0.39 is 0 Å². The van der Waals surface area contributed by atoms with Gasteiger partial charge in [0.1, 0.15) is 0 Å². The van der Waals surface area contributed by atoms with Gasteiger partial charge in [-0.3, -0.25) is 0 Å². The first kappa shape index (κ1) is 12.6. The molecule has 98 valence electrons. The van der Waals surface area contributed by atoms with E-state index in [1.54, 1.807) is 0 Å². The zero-order valence-electron chi connectivity index (χ0n) is 10.9. The molecule has 2 aromatic rings. The van der Waals surface area contributed by atoms with E-state index in [9.17, 15) is 0 Å². The molecule has 0 bridgehead atoms. The van der Waals surface area contributed by atoms with Crippen LogP contribution in [0.4, 0.5) is 0 Å². The van der Waals surface area contributed by atoms with E-state index >= 15 is 0 Å². The lowest BCUT2D eigenvalue weighted by molar-refractivity contribution is 0.617. The Morgan fingerprint density at radius 2 is 2.11 bits per heavy atom. The van der Waals surface area contributed by atoms with Crippen LogP contribution in [0.25, 0.3) is 11.4 Å². The minimum absolute atomic E-state index is 0.702. The van der Waals surface area contributed by atoms with Crippen molar-refractivity contribution in [1.29, 1.82) is 0 Å². The standard InChI is InChI=1S/C15H16ClN3/c1-2-13-11-7-8-17-9-14(11)19-15(18-13)10-5-3-4-6-12(10)16/h3-6,17H,2,7-9H2,1H3. The van der Waals surface area contributed by atoms with Gasteiger partial charge in [-0.1, -0.05) is 30.7 Å². The van der Waals surface area contributed by atoms with Gasteiger partial charge in [-0.15, -0.1) is 0 Å². The maximum atomic E-state index is 6.24. The van der Waals surface area contributed by atoms with Gasteiger partial charge in [0, 0.05) is 17.8 Å². The van der Waals surface area contributed by atoms with Gasteiger partial charge in [-0.25, -0.2) is 9.97 Å². The van der Waals surface area contributed by atoms with Gasteiger partial charge >= 0.3 is 0 Å². The third-order valence-corrected chi connectivity index (χ3v) is 3.80. The van der Waals surface area contributed by atoms with Crippen molar-refractivity contribution in [2.24, 2.45) is 0 Å². The monoisotopic (exact) mass is 273 g/mol. The van der Waals surface area contributed by atoms with Crippen LogP contribution < -0.4 is 5.32 Å². The smallest absolute Gasteiger partial charge is 0.161 e. The van der Waals surface area contributed by atoms with Gasteiger partial charge in [0.15, 0.2) is 5.82 Å². The second-order valence-corrected chi connectivity index (χ2v) is 5.09. The van der Waals surface area contributed by atoms with E-state index in [0.29, 0.717) is 5.02 Å². The largest absolute Gasteiger partial charge is 0.311 e. The lowest BCUT2D eigenvalue weighted by Crippen LogP contribution is -2.26. The van der Waals surface area contributed by atoms with Gasteiger partial charge in [0.25, 0.3) is 0 Å². The van der Waals surface area contributed by atoms with Crippen molar-refractivity contribution in [2.75, 3.05) is 6.54 Å². The molecule has 0 saturated heterocycles. The predicted octanol–water partition coefficient (Wildman–Crippen LogP) is 3.01. The van der Waals surface area contributed by atoms with Crippen LogP contribution in [0.2, 0.25) is 5.02 Å². The Balaban J connectivity index is 2.15. The van der Waals surface area contributed by atoms with E-state index in [1.807, 2.05) is 24.3 Å². The molecule has 1 aromatic carbocycles. The lowest BCUT2D eigenvalue weighted by Gasteiger charge is -2.19. The number of nitrogens with zero attached hydrogens (tertiary/aromatic N) is 2. The average molecular weight is 274 g/mol. The van der Waals surface area contributed by atoms with Crippen LogP contribution in [0.1, 0.15) is 23.9 Å². The summed E-state index contributed by atoms with van der Waals surface area (Å²) in [4.78, 5) is 9.41. The van der Waals surface area contributed by atoms with Crippen molar-refractivity contribution in [1.82, 2.24) is 15.3 Å². The Bertz CT molecular complexity index is 593. The summed E-state index contributed by atoms with van der Waals surface area (Å²) in [6.07, 6.45) is 1.95. The highest BCUT2D eigenvalue weighted by Crippen LogP contribution is 2.27. The highest BCUT2D eigenvalue weighted by atomic mass is 35.5. The van der Waals surface area contributed by atoms with Gasteiger partial charge < -0.3 is 5.32 Å². The Kier molecular flexibility index (Phi) is 3.49. The number of rotatable bonds is 2. The predicted molar refractivity (Wildman–Crippen MR) is 77.3 cm³/mol. The maximum absolute atomic E-state index is 6.24. The van der Waals surface area contributed by atoms with Crippen LogP contribution in [0.5, 0.6) is 0 Å². The van der Waals surface area contributed by atoms with Gasteiger partial charge in [-0.2, -0.15) is 0 Å². The van der Waals surface area contributed by atoms with Gasteiger partial charge in [0.05, 0.1) is 10.7 Å². The van der Waals surface area contributed by atoms with E-state index in [1.165, 1.54) is 5.56 Å². The van der Waals surface area contributed by atoms with Crippen LogP contribution in [-0.2, 0) is 19.4 Å². The molecule has 1 N–H and O–H groups in total. The van der Waals surface area contributed by atoms with Crippen molar-refractivity contribution >= 4 is 11.6 Å². The molecule has 0 radical (unpaired) electrons. The maximum Gasteiger partial charge on any atom is 0.161 e. The third kappa shape index (κ3) is 2.36. The first-order chi connectivity index (χ1) is 9.29. The summed E-state index contributed by atoms with van der Waals surface area (Å²) >= 11 is 6.24. The number of fused-ring (bicyclic) bond motifs is 1. The van der Waals surface area contributed by atoms with Crippen LogP contribution >= 0.6 is 11.6 Å². The summed E-state index contributed by atoms with van der Waals surface area (Å²) < 4.78 is 0. The van der Waals surface area contributed by atoms with Crippen LogP contribution in [-0.4, -0.2) is 16.5 Å². The SMILES string of the molecule is CCc1nc(-c2ccccc2Cl)nc2c1CCNC2. The molecule has 19 heavy (non-hydrogen) atoms. The van der Waals surface area contributed by atoms with Crippen LogP contribution in [0.3, 0.4) is 0 Å². The zero-order chi connectivity index (χ0) is 13.2. The van der Waals surface area contributed by atoms with E-state index in [2.05, 4.69) is 12.2 Å². The molecule has 0 aliphatic carbocycles. The molecule has 0 spiro atoms. The number of hydrogen-bond acceptors (Lipinski definition) is 3. The first-order valence-corrected chi connectivity index (χ1v) is 7.01. The minimum Gasteiger partial charge on any atom is -0.311 e. The zero-order valence-corrected chi connectivity index (χ0v) is 11.7. The topological polar surface area (TPSA) is 37.8 Å². The second-order valence-electron chi connectivity index (χ2n) is 4.68. The molecule has 0 saturated carbocycles. The third-order valence-electron chi connectivity index (χ3n) is 3.47. The normalized spacial score (nSPS) is 14.2. The fraction of sp³-hybridized carbons (Fsp3) is 0.333. The van der Waals surface area contributed by atoms with Crippen molar-refractivity contribution < 1.29 is 0 Å². The molecule has 1 aliphatic rings. The van der Waals surface area contributed by atoms with Gasteiger partial charge in [0.2, 0.25) is 0 Å². The summed E-state index contributed by atoms with van der Waals surface area (Å²) in [5.74, 6) is 0.741. The number of aryl methyl sites for hydroxylation is 1. The van der Waals surface area contributed by atoms with Crippen molar-refractivity contribution in [2.45, 2.75) is 26.3 Å². The van der Waals surface area contributed by atoms with Crippen LogP contribution in [0.15, 0.2) is 24.3 Å². The molecule has 3 rings (SSSR count). The number of nitrogens with one attached hydrogen (secondary N) is 1. The van der Waals surface area contributed by atoms with Crippen molar-refractivity contribution in [3.63, 3.8) is 0 Å². The van der Waals surface area contributed by atoms with Crippen molar-refractivity contribution in [3.8, 4) is 11.4 Å². The highest BCUT2D eigenvalue weighted by Gasteiger charge is 2.17. The van der Waals surface area contributed by atoms with E-state index in [4.69, 9.17) is 21.6 Å². The fourth-order valence-electron chi connectivity index (χ4n) is 2.49. The number of benzene rings is 1. The molecule has 0 fully saturated rings. The molecule has 0 atom stereocenters. The van der Waals surface area contributed by atoms with Gasteiger partial charge in [-0.05, 0) is 37.1 Å². The quantitative estimate of drug-likeness (QED) is 0.914. The number of halogens is 1. The molecule has 4 heteroatoms. The van der Waals surface area contributed by atoms with Crippen LogP contribution in [0, 0.1) is 0 Å². The second kappa shape index (κ2) is 5.27. The summed E-state index contributed by atoms with van der Waals surface area (Å²) in [7, 11) is 0. The summed E-state index contributed by atoms with van der Waals surface area (Å²) in [6, 6.07) is 7.74. The molecular formula is C15H16ClN3. The van der Waals surface area contributed by atoms with E-state index in [0.717, 1.165) is 48.7 Å². The first-order valence-electron chi connectivity index (χ1n) is 6.64. The molecular weight excluding hydrogens is 258 g/mol. The molecule has 0 unspecified atom stereocenters. The molecule has 3 nitrogen and oxygen atoms in total. The molecule has 0 amide bonds. The number of hydrogen-bond donors (Lipinski definition) is 1. The summed E-state index contributed by atoms with van der Waals surface area (Å²) in [6.45, 7) is 3.97. The highest BCUT2D eigenvalue weighted by molar-refractivity contribution is 6.33. The fourth-order valence-corrected chi connectivity index (χ4v) is 2.71. The molecule has 1 aliphatic heterocycles. The van der Waals surface area contributed by atoms with E-state index in [-0.39, 0.29) is 0 Å². The minimum atomic E-state index is 0.702. The summed E-state index contributed by atoms with van der Waals surface area (Å²) in [5.41, 5.74) is 4.50. The summed E-state index contributed by atoms with van der Waals surface area (Å²) in [5, 5.41) is 4.06. The Hall–Kier alpha value is -1.45. The Labute approximate surface area is 118 Å². The molecule has 2 heterocycles. The Morgan fingerprint density at radius 3 is 2.89 bits per heavy atom. The Morgan fingerprint density at radius 1 is 1.26 bits per heavy atom. The molecule has 1 aromatic heterocycles. The lowest BCUT2D eigenvalue weighted by atomic mass is 10.0.